The molecule has 1 aliphatic rings. The van der Waals surface area contributed by atoms with Gasteiger partial charge in [-0.2, -0.15) is 0 Å². The van der Waals surface area contributed by atoms with Crippen molar-refractivity contribution in [2.45, 2.75) is 12.3 Å². The molecule has 1 saturated heterocycles. The van der Waals surface area contributed by atoms with Crippen molar-refractivity contribution < 1.29 is 4.42 Å². The first-order valence-corrected chi connectivity index (χ1v) is 7.11. The van der Waals surface area contributed by atoms with Gasteiger partial charge in [-0.25, -0.2) is 9.97 Å². The summed E-state index contributed by atoms with van der Waals surface area (Å²) in [6, 6.07) is 5.63. The Labute approximate surface area is 121 Å². The zero-order chi connectivity index (χ0) is 13.7. The fourth-order valence-corrected chi connectivity index (χ4v) is 3.19. The molecule has 0 spiro atoms. The summed E-state index contributed by atoms with van der Waals surface area (Å²) in [6.45, 7) is 2.12. The van der Waals surface area contributed by atoms with Gasteiger partial charge in [-0.1, -0.05) is 11.6 Å². The molecule has 1 atom stereocenters. The largest absolute Gasteiger partial charge is 0.452 e. The van der Waals surface area contributed by atoms with E-state index in [0.717, 1.165) is 47.3 Å². The minimum Gasteiger partial charge on any atom is -0.452 e. The molecule has 0 radical (unpaired) electrons. The van der Waals surface area contributed by atoms with E-state index < -0.39 is 0 Å². The van der Waals surface area contributed by atoms with E-state index in [0.29, 0.717) is 10.9 Å². The molecule has 1 fully saturated rings. The van der Waals surface area contributed by atoms with Crippen molar-refractivity contribution >= 4 is 33.7 Å². The molecule has 3 aromatic rings. The number of hydrogen-bond acceptors (Lipinski definition) is 4. The van der Waals surface area contributed by atoms with Crippen molar-refractivity contribution in [1.29, 1.82) is 0 Å². The number of rotatable bonds is 1. The maximum Gasteiger partial charge on any atom is 0.175 e. The maximum absolute atomic E-state index is 6.07. The predicted molar refractivity (Wildman–Crippen MR) is 79.2 cm³/mol. The average Bonchev–Trinajstić information content (AvgIpc) is 3.02. The summed E-state index contributed by atoms with van der Waals surface area (Å²) in [4.78, 5) is 11.2. The van der Waals surface area contributed by atoms with Crippen molar-refractivity contribution in [3.05, 3.63) is 35.2 Å². The number of aromatic nitrogens is 2. The summed E-state index contributed by atoms with van der Waals surface area (Å²) >= 11 is 6.07. The van der Waals surface area contributed by atoms with E-state index in [2.05, 4.69) is 21.9 Å². The van der Waals surface area contributed by atoms with Gasteiger partial charge in [0.25, 0.3) is 0 Å². The van der Waals surface area contributed by atoms with Crippen LogP contribution >= 0.6 is 11.6 Å². The van der Waals surface area contributed by atoms with Gasteiger partial charge < -0.3 is 9.32 Å². The van der Waals surface area contributed by atoms with E-state index in [1.807, 2.05) is 18.2 Å². The zero-order valence-electron chi connectivity index (χ0n) is 11.1. The van der Waals surface area contributed by atoms with E-state index in [9.17, 15) is 0 Å². The molecular weight excluding hydrogens is 274 g/mol. The SMILES string of the molecule is CN1CCC(c2ncnc3c2oc2ccc(Cl)cc23)C1. The highest BCUT2D eigenvalue weighted by Crippen LogP contribution is 2.35. The Bertz CT molecular complexity index is 798. The van der Waals surface area contributed by atoms with E-state index in [1.165, 1.54) is 0 Å². The second kappa shape index (κ2) is 4.43. The van der Waals surface area contributed by atoms with Crippen LogP contribution in [0.2, 0.25) is 5.02 Å². The number of benzene rings is 1. The predicted octanol–water partition coefficient (Wildman–Crippen LogP) is 3.45. The minimum absolute atomic E-state index is 0.418. The van der Waals surface area contributed by atoms with Gasteiger partial charge in [-0.15, -0.1) is 0 Å². The molecule has 5 heteroatoms. The van der Waals surface area contributed by atoms with Crippen LogP contribution in [-0.2, 0) is 0 Å². The van der Waals surface area contributed by atoms with Crippen LogP contribution in [0.15, 0.2) is 28.9 Å². The van der Waals surface area contributed by atoms with E-state index in [1.54, 1.807) is 6.33 Å². The van der Waals surface area contributed by atoms with Crippen molar-refractivity contribution in [2.24, 2.45) is 0 Å². The zero-order valence-corrected chi connectivity index (χ0v) is 11.9. The third-order valence-corrected chi connectivity index (χ3v) is 4.25. The van der Waals surface area contributed by atoms with E-state index in [-0.39, 0.29) is 0 Å². The fraction of sp³-hybridized carbons (Fsp3) is 0.333. The quantitative estimate of drug-likeness (QED) is 0.687. The number of likely N-dealkylation sites (tertiary alicyclic amines) is 1. The molecule has 102 valence electrons. The van der Waals surface area contributed by atoms with Gasteiger partial charge >= 0.3 is 0 Å². The van der Waals surface area contributed by atoms with Crippen LogP contribution in [-0.4, -0.2) is 35.0 Å². The average molecular weight is 288 g/mol. The second-order valence-corrected chi connectivity index (χ2v) is 5.86. The number of halogens is 1. The van der Waals surface area contributed by atoms with Crippen molar-refractivity contribution in [3.63, 3.8) is 0 Å². The first kappa shape index (κ1) is 12.1. The van der Waals surface area contributed by atoms with Crippen LogP contribution in [0.5, 0.6) is 0 Å². The molecule has 4 rings (SSSR count). The summed E-state index contributed by atoms with van der Waals surface area (Å²) in [5, 5.41) is 1.66. The fourth-order valence-electron chi connectivity index (χ4n) is 3.02. The Morgan fingerprint density at radius 3 is 3.05 bits per heavy atom. The highest BCUT2D eigenvalue weighted by molar-refractivity contribution is 6.31. The van der Waals surface area contributed by atoms with Gasteiger partial charge in [0.15, 0.2) is 5.58 Å². The van der Waals surface area contributed by atoms with Crippen LogP contribution in [0.4, 0.5) is 0 Å². The van der Waals surface area contributed by atoms with Crippen LogP contribution in [0, 0.1) is 0 Å². The number of fused-ring (bicyclic) bond motifs is 3. The van der Waals surface area contributed by atoms with Crippen LogP contribution in [0.3, 0.4) is 0 Å². The van der Waals surface area contributed by atoms with Crippen LogP contribution < -0.4 is 0 Å². The highest BCUT2D eigenvalue weighted by atomic mass is 35.5. The van der Waals surface area contributed by atoms with Gasteiger partial charge in [0.2, 0.25) is 0 Å². The maximum atomic E-state index is 6.07. The van der Waals surface area contributed by atoms with Gasteiger partial charge in [0, 0.05) is 22.9 Å². The van der Waals surface area contributed by atoms with Gasteiger partial charge in [0.05, 0.1) is 5.69 Å². The van der Waals surface area contributed by atoms with E-state index >= 15 is 0 Å². The van der Waals surface area contributed by atoms with Crippen molar-refractivity contribution in [3.8, 4) is 0 Å². The molecule has 0 bridgehead atoms. The molecule has 1 aromatic carbocycles. The molecule has 1 aliphatic heterocycles. The normalized spacial score (nSPS) is 20.2. The Kier molecular flexibility index (Phi) is 2.69. The number of hydrogen-bond donors (Lipinski definition) is 0. The third-order valence-electron chi connectivity index (χ3n) is 4.02. The summed E-state index contributed by atoms with van der Waals surface area (Å²) in [5.74, 6) is 0.418. The smallest absolute Gasteiger partial charge is 0.175 e. The lowest BCUT2D eigenvalue weighted by Gasteiger charge is -2.09. The molecule has 0 aliphatic carbocycles. The van der Waals surface area contributed by atoms with E-state index in [4.69, 9.17) is 16.0 Å². The first-order valence-electron chi connectivity index (χ1n) is 6.73. The lowest BCUT2D eigenvalue weighted by Crippen LogP contribution is -2.13. The van der Waals surface area contributed by atoms with Crippen LogP contribution in [0.25, 0.3) is 22.1 Å². The lowest BCUT2D eigenvalue weighted by atomic mass is 10.0. The summed E-state index contributed by atoms with van der Waals surface area (Å²) in [7, 11) is 2.14. The minimum atomic E-state index is 0.418. The molecule has 1 unspecified atom stereocenters. The Hall–Kier alpha value is -1.65. The number of likely N-dealkylation sites (N-methyl/N-ethyl adjacent to an activating group) is 1. The highest BCUT2D eigenvalue weighted by Gasteiger charge is 2.26. The number of furan rings is 1. The Balaban J connectivity index is 1.96. The molecule has 0 saturated carbocycles. The summed E-state index contributed by atoms with van der Waals surface area (Å²) in [6.07, 6.45) is 2.74. The topological polar surface area (TPSA) is 42.2 Å². The third kappa shape index (κ3) is 1.79. The second-order valence-electron chi connectivity index (χ2n) is 5.43. The lowest BCUT2D eigenvalue weighted by molar-refractivity contribution is 0.410. The summed E-state index contributed by atoms with van der Waals surface area (Å²) < 4.78 is 5.98. The van der Waals surface area contributed by atoms with Gasteiger partial charge in [0.1, 0.15) is 17.4 Å². The molecule has 0 amide bonds. The standard InChI is InChI=1S/C15H14ClN3O/c1-19-5-4-9(7-19)13-15-14(18-8-17-13)11-6-10(16)2-3-12(11)20-15/h2-3,6,8-9H,4-5,7H2,1H3. The van der Waals surface area contributed by atoms with Crippen molar-refractivity contribution in [1.82, 2.24) is 14.9 Å². The monoisotopic (exact) mass is 287 g/mol. The first-order chi connectivity index (χ1) is 9.72. The molecule has 20 heavy (non-hydrogen) atoms. The Morgan fingerprint density at radius 1 is 1.35 bits per heavy atom. The molecular formula is C15H14ClN3O. The molecule has 4 nitrogen and oxygen atoms in total. The summed E-state index contributed by atoms with van der Waals surface area (Å²) in [5.41, 5.74) is 3.51. The van der Waals surface area contributed by atoms with Gasteiger partial charge in [-0.3, -0.25) is 0 Å². The Morgan fingerprint density at radius 2 is 2.25 bits per heavy atom. The molecule has 2 aromatic heterocycles. The van der Waals surface area contributed by atoms with Crippen molar-refractivity contribution in [2.75, 3.05) is 20.1 Å². The molecule has 3 heterocycles. The molecule has 0 N–H and O–H groups in total. The van der Waals surface area contributed by atoms with Gasteiger partial charge in [-0.05, 0) is 38.2 Å². The number of nitrogens with zero attached hydrogens (tertiary/aromatic N) is 3. The van der Waals surface area contributed by atoms with Crippen LogP contribution in [0.1, 0.15) is 18.0 Å².